The summed E-state index contributed by atoms with van der Waals surface area (Å²) in [4.78, 5) is 24.4. The second-order valence-electron chi connectivity index (χ2n) is 4.83. The molecule has 0 unspecified atom stereocenters. The molecule has 1 aromatic rings. The molecule has 6 heteroatoms. The number of aliphatic carboxylic acids is 1. The van der Waals surface area contributed by atoms with Crippen molar-refractivity contribution < 1.29 is 14.7 Å². The van der Waals surface area contributed by atoms with E-state index in [-0.39, 0.29) is 25.4 Å². The van der Waals surface area contributed by atoms with Crippen LogP contribution in [0.15, 0.2) is 24.3 Å². The van der Waals surface area contributed by atoms with Crippen LogP contribution >= 0.6 is 0 Å². The third kappa shape index (κ3) is 6.16. The van der Waals surface area contributed by atoms with Crippen LogP contribution in [0.3, 0.4) is 0 Å². The molecule has 0 saturated heterocycles. The predicted octanol–water partition coefficient (Wildman–Crippen LogP) is 1.47. The van der Waals surface area contributed by atoms with Crippen molar-refractivity contribution in [1.29, 1.82) is 0 Å². The molecule has 0 spiro atoms. The number of nitrogens with two attached hydrogens (primary N) is 1. The monoisotopic (exact) mass is 293 g/mol. The molecular formula is C15H23N3O3. The summed E-state index contributed by atoms with van der Waals surface area (Å²) in [6.07, 6.45) is 1.89. The number of para-hydroxylation sites is 2. The number of hydrogen-bond acceptors (Lipinski definition) is 4. The zero-order valence-corrected chi connectivity index (χ0v) is 12.3. The number of benzene rings is 1. The van der Waals surface area contributed by atoms with Crippen LogP contribution in [-0.4, -0.2) is 36.6 Å². The molecule has 1 aromatic carbocycles. The number of amides is 1. The van der Waals surface area contributed by atoms with E-state index in [4.69, 9.17) is 10.8 Å². The van der Waals surface area contributed by atoms with Gasteiger partial charge in [0.2, 0.25) is 5.91 Å². The number of carbonyl (C=O) groups excluding carboxylic acids is 1. The molecule has 0 heterocycles. The Labute approximate surface area is 124 Å². The lowest BCUT2D eigenvalue weighted by molar-refractivity contribution is -0.136. The first-order valence-electron chi connectivity index (χ1n) is 7.12. The van der Waals surface area contributed by atoms with Gasteiger partial charge in [0.25, 0.3) is 0 Å². The Hall–Kier alpha value is -2.24. The molecule has 0 aliphatic carbocycles. The SMILES string of the molecule is CCCCNC(=O)CN(CCC(=O)O)c1ccccc1N. The third-order valence-corrected chi connectivity index (χ3v) is 3.06. The van der Waals surface area contributed by atoms with Crippen LogP contribution in [-0.2, 0) is 9.59 Å². The van der Waals surface area contributed by atoms with Gasteiger partial charge in [0, 0.05) is 13.1 Å². The molecule has 4 N–H and O–H groups in total. The lowest BCUT2D eigenvalue weighted by Crippen LogP contribution is -2.39. The van der Waals surface area contributed by atoms with Crippen molar-refractivity contribution in [3.8, 4) is 0 Å². The zero-order chi connectivity index (χ0) is 15.7. The minimum Gasteiger partial charge on any atom is -0.481 e. The minimum absolute atomic E-state index is 0.0451. The Morgan fingerprint density at radius 2 is 2.05 bits per heavy atom. The van der Waals surface area contributed by atoms with Gasteiger partial charge >= 0.3 is 5.97 Å². The van der Waals surface area contributed by atoms with Crippen molar-refractivity contribution in [3.05, 3.63) is 24.3 Å². The van der Waals surface area contributed by atoms with Gasteiger partial charge in [-0.3, -0.25) is 9.59 Å². The number of hydrogen-bond donors (Lipinski definition) is 3. The molecule has 0 bridgehead atoms. The highest BCUT2D eigenvalue weighted by atomic mass is 16.4. The number of rotatable bonds is 9. The lowest BCUT2D eigenvalue weighted by Gasteiger charge is -2.25. The maximum Gasteiger partial charge on any atom is 0.305 e. The Morgan fingerprint density at radius 3 is 2.67 bits per heavy atom. The van der Waals surface area contributed by atoms with Gasteiger partial charge < -0.3 is 21.1 Å². The highest BCUT2D eigenvalue weighted by Crippen LogP contribution is 2.22. The van der Waals surface area contributed by atoms with Crippen molar-refractivity contribution in [3.63, 3.8) is 0 Å². The van der Waals surface area contributed by atoms with Crippen molar-refractivity contribution >= 4 is 23.3 Å². The van der Waals surface area contributed by atoms with Crippen molar-refractivity contribution in [2.75, 3.05) is 30.3 Å². The van der Waals surface area contributed by atoms with Gasteiger partial charge in [-0.1, -0.05) is 25.5 Å². The molecule has 0 aliphatic rings. The largest absolute Gasteiger partial charge is 0.481 e. The number of unbranched alkanes of at least 4 members (excludes halogenated alkanes) is 1. The molecule has 0 atom stereocenters. The van der Waals surface area contributed by atoms with Gasteiger partial charge in [-0.2, -0.15) is 0 Å². The van der Waals surface area contributed by atoms with Crippen molar-refractivity contribution in [2.45, 2.75) is 26.2 Å². The van der Waals surface area contributed by atoms with E-state index in [1.54, 1.807) is 23.1 Å². The summed E-state index contributed by atoms with van der Waals surface area (Å²) in [6, 6.07) is 7.14. The van der Waals surface area contributed by atoms with Crippen LogP contribution in [0.1, 0.15) is 26.2 Å². The fourth-order valence-electron chi connectivity index (χ4n) is 1.92. The van der Waals surface area contributed by atoms with E-state index >= 15 is 0 Å². The number of nitrogens with one attached hydrogen (secondary N) is 1. The first-order valence-corrected chi connectivity index (χ1v) is 7.12. The summed E-state index contributed by atoms with van der Waals surface area (Å²) < 4.78 is 0. The maximum absolute atomic E-state index is 11.9. The summed E-state index contributed by atoms with van der Waals surface area (Å²) in [6.45, 7) is 3.03. The maximum atomic E-state index is 11.9. The van der Waals surface area contributed by atoms with Crippen LogP contribution in [0.25, 0.3) is 0 Å². The summed E-state index contributed by atoms with van der Waals surface area (Å²) in [7, 11) is 0. The standard InChI is InChI=1S/C15H23N3O3/c1-2-3-9-17-14(19)11-18(10-8-15(20)21)13-7-5-4-6-12(13)16/h4-7H,2-3,8-11,16H2,1H3,(H,17,19)(H,20,21). The van der Waals surface area contributed by atoms with E-state index in [1.165, 1.54) is 0 Å². The lowest BCUT2D eigenvalue weighted by atomic mass is 10.2. The molecule has 21 heavy (non-hydrogen) atoms. The van der Waals surface area contributed by atoms with Crippen molar-refractivity contribution in [2.24, 2.45) is 0 Å². The zero-order valence-electron chi connectivity index (χ0n) is 12.3. The highest BCUT2D eigenvalue weighted by molar-refractivity contribution is 5.83. The Kier molecular flexibility index (Phi) is 7.08. The predicted molar refractivity (Wildman–Crippen MR) is 83.2 cm³/mol. The second-order valence-corrected chi connectivity index (χ2v) is 4.83. The van der Waals surface area contributed by atoms with E-state index in [0.717, 1.165) is 12.8 Å². The van der Waals surface area contributed by atoms with E-state index in [2.05, 4.69) is 12.2 Å². The Balaban J connectivity index is 2.71. The fraction of sp³-hybridized carbons (Fsp3) is 0.467. The van der Waals surface area contributed by atoms with Crippen LogP contribution < -0.4 is 16.0 Å². The molecule has 1 amide bonds. The minimum atomic E-state index is -0.902. The first kappa shape index (κ1) is 16.8. The van der Waals surface area contributed by atoms with Gasteiger partial charge in [-0.15, -0.1) is 0 Å². The molecule has 0 aromatic heterocycles. The number of carboxylic acids is 1. The number of nitrogen functional groups attached to an aromatic ring is 1. The highest BCUT2D eigenvalue weighted by Gasteiger charge is 2.14. The number of nitrogens with zero attached hydrogens (tertiary/aromatic N) is 1. The first-order chi connectivity index (χ1) is 10.0. The van der Waals surface area contributed by atoms with E-state index in [1.807, 2.05) is 6.07 Å². The third-order valence-electron chi connectivity index (χ3n) is 3.06. The number of anilines is 2. The van der Waals surface area contributed by atoms with E-state index in [9.17, 15) is 9.59 Å². The summed E-state index contributed by atoms with van der Waals surface area (Å²) in [5.41, 5.74) is 7.12. The van der Waals surface area contributed by atoms with Gasteiger partial charge in [0.05, 0.1) is 24.3 Å². The summed E-state index contributed by atoms with van der Waals surface area (Å²) >= 11 is 0. The van der Waals surface area contributed by atoms with Gasteiger partial charge in [-0.05, 0) is 18.6 Å². The summed E-state index contributed by atoms with van der Waals surface area (Å²) in [5, 5.41) is 11.6. The molecular weight excluding hydrogens is 270 g/mol. The average molecular weight is 293 g/mol. The van der Waals surface area contributed by atoms with Crippen LogP contribution in [0.5, 0.6) is 0 Å². The Bertz CT molecular complexity index is 477. The fourth-order valence-corrected chi connectivity index (χ4v) is 1.92. The second kappa shape index (κ2) is 8.84. The van der Waals surface area contributed by atoms with Crippen LogP contribution in [0.2, 0.25) is 0 Å². The van der Waals surface area contributed by atoms with Crippen molar-refractivity contribution in [1.82, 2.24) is 5.32 Å². The molecule has 1 rings (SSSR count). The molecule has 0 fully saturated rings. The van der Waals surface area contributed by atoms with Gasteiger partial charge in [0.1, 0.15) is 0 Å². The quantitative estimate of drug-likeness (QED) is 0.473. The van der Waals surface area contributed by atoms with Gasteiger partial charge in [-0.25, -0.2) is 0 Å². The molecule has 0 aliphatic heterocycles. The number of carboxylic acid groups (broad SMARTS) is 1. The normalized spacial score (nSPS) is 10.1. The average Bonchev–Trinajstić information content (AvgIpc) is 2.44. The smallest absolute Gasteiger partial charge is 0.305 e. The summed E-state index contributed by atoms with van der Waals surface area (Å²) in [5.74, 6) is -1.03. The molecule has 0 radical (unpaired) electrons. The number of carbonyl (C=O) groups is 2. The molecule has 0 saturated carbocycles. The molecule has 116 valence electrons. The molecule has 6 nitrogen and oxygen atoms in total. The van der Waals surface area contributed by atoms with Crippen LogP contribution in [0, 0.1) is 0 Å². The van der Waals surface area contributed by atoms with E-state index in [0.29, 0.717) is 17.9 Å². The van der Waals surface area contributed by atoms with E-state index < -0.39 is 5.97 Å². The van der Waals surface area contributed by atoms with Gasteiger partial charge in [0.15, 0.2) is 0 Å². The Morgan fingerprint density at radius 1 is 1.33 bits per heavy atom. The van der Waals surface area contributed by atoms with Crippen LogP contribution in [0.4, 0.5) is 11.4 Å². The topological polar surface area (TPSA) is 95.7 Å².